The minimum Gasteiger partial charge on any atom is -0.411 e. The van der Waals surface area contributed by atoms with Crippen molar-refractivity contribution in [1.29, 1.82) is 0 Å². The molecule has 0 fully saturated rings. The van der Waals surface area contributed by atoms with Crippen molar-refractivity contribution in [2.75, 3.05) is 5.32 Å². The van der Waals surface area contributed by atoms with E-state index in [4.69, 9.17) is 28.4 Å². The lowest BCUT2D eigenvalue weighted by Crippen LogP contribution is -2.12. The zero-order valence-corrected chi connectivity index (χ0v) is 8.38. The van der Waals surface area contributed by atoms with Gasteiger partial charge in [-0.25, -0.2) is 0 Å². The highest BCUT2D eigenvalue weighted by Crippen LogP contribution is 2.22. The fourth-order valence-corrected chi connectivity index (χ4v) is 1.38. The molecular formula is C8H6Cl2N2O2. The van der Waals surface area contributed by atoms with Crippen molar-refractivity contribution >= 4 is 41.0 Å². The summed E-state index contributed by atoms with van der Waals surface area (Å²) in [4.78, 5) is 10.9. The average Bonchev–Trinajstić information content (AvgIpc) is 2.01. The van der Waals surface area contributed by atoms with Crippen LogP contribution in [0.3, 0.4) is 0 Å². The van der Waals surface area contributed by atoms with Gasteiger partial charge in [0.05, 0.1) is 0 Å². The summed E-state index contributed by atoms with van der Waals surface area (Å²) in [6.07, 6.45) is 0.731. The monoisotopic (exact) mass is 232 g/mol. The lowest BCUT2D eigenvalue weighted by molar-refractivity contribution is -0.110. The maximum absolute atomic E-state index is 10.9. The Bertz CT molecular complexity index is 359. The molecular weight excluding hydrogens is 227 g/mol. The predicted molar refractivity (Wildman–Crippen MR) is 55.4 cm³/mol. The van der Waals surface area contributed by atoms with Crippen molar-refractivity contribution in [3.63, 3.8) is 0 Å². The van der Waals surface area contributed by atoms with Crippen molar-refractivity contribution in [3.05, 3.63) is 28.2 Å². The molecule has 0 heterocycles. The van der Waals surface area contributed by atoms with E-state index in [2.05, 4.69) is 10.5 Å². The molecule has 2 N–H and O–H groups in total. The quantitative estimate of drug-likeness (QED) is 0.468. The molecule has 0 aliphatic heterocycles. The van der Waals surface area contributed by atoms with Crippen LogP contribution in [0.15, 0.2) is 23.4 Å². The Labute approximate surface area is 90.1 Å². The Kier molecular flexibility index (Phi) is 3.73. The van der Waals surface area contributed by atoms with Crippen LogP contribution < -0.4 is 5.32 Å². The average molecular weight is 233 g/mol. The fraction of sp³-hybridized carbons (Fsp3) is 0. The molecule has 1 aromatic rings. The van der Waals surface area contributed by atoms with Crippen LogP contribution in [0, 0.1) is 0 Å². The number of amides is 1. The summed E-state index contributed by atoms with van der Waals surface area (Å²) >= 11 is 11.4. The molecule has 6 heteroatoms. The first kappa shape index (κ1) is 10.8. The van der Waals surface area contributed by atoms with Gasteiger partial charge in [0.1, 0.15) is 6.21 Å². The van der Waals surface area contributed by atoms with E-state index in [-0.39, 0.29) is 0 Å². The number of carbonyl (C=O) groups is 1. The van der Waals surface area contributed by atoms with Crippen LogP contribution in [0.5, 0.6) is 0 Å². The van der Waals surface area contributed by atoms with E-state index in [0.717, 1.165) is 6.21 Å². The van der Waals surface area contributed by atoms with Crippen LogP contribution in [0.1, 0.15) is 0 Å². The van der Waals surface area contributed by atoms with E-state index in [1.807, 2.05) is 0 Å². The number of hydrogen-bond acceptors (Lipinski definition) is 3. The van der Waals surface area contributed by atoms with Gasteiger partial charge in [-0.1, -0.05) is 28.4 Å². The van der Waals surface area contributed by atoms with Gasteiger partial charge in [-0.3, -0.25) is 4.79 Å². The maximum atomic E-state index is 10.9. The first-order valence-electron chi connectivity index (χ1n) is 3.56. The summed E-state index contributed by atoms with van der Waals surface area (Å²) in [6.45, 7) is 0. The van der Waals surface area contributed by atoms with Gasteiger partial charge in [-0.2, -0.15) is 0 Å². The Balaban J connectivity index is 2.81. The molecule has 74 valence electrons. The number of oxime groups is 1. The minimum atomic E-state index is -0.564. The molecule has 0 saturated heterocycles. The topological polar surface area (TPSA) is 61.7 Å². The molecule has 0 aliphatic carbocycles. The highest BCUT2D eigenvalue weighted by atomic mass is 35.5. The zero-order chi connectivity index (χ0) is 10.6. The third-order valence-corrected chi connectivity index (χ3v) is 1.74. The van der Waals surface area contributed by atoms with E-state index < -0.39 is 5.91 Å². The van der Waals surface area contributed by atoms with Crippen molar-refractivity contribution < 1.29 is 10.0 Å². The Hall–Kier alpha value is -1.26. The summed E-state index contributed by atoms with van der Waals surface area (Å²) < 4.78 is 0. The van der Waals surface area contributed by atoms with Crippen LogP contribution in [-0.4, -0.2) is 17.3 Å². The first-order valence-corrected chi connectivity index (χ1v) is 4.32. The number of carbonyl (C=O) groups excluding carboxylic acids is 1. The van der Waals surface area contributed by atoms with Gasteiger partial charge in [0, 0.05) is 15.7 Å². The van der Waals surface area contributed by atoms with Gasteiger partial charge >= 0.3 is 0 Å². The zero-order valence-electron chi connectivity index (χ0n) is 6.87. The van der Waals surface area contributed by atoms with Crippen LogP contribution in [-0.2, 0) is 4.79 Å². The Morgan fingerprint density at radius 2 is 1.93 bits per heavy atom. The number of anilines is 1. The third-order valence-electron chi connectivity index (χ3n) is 1.31. The molecule has 1 aromatic carbocycles. The number of nitrogens with zero attached hydrogens (tertiary/aromatic N) is 1. The van der Waals surface area contributed by atoms with Crippen molar-refractivity contribution in [2.24, 2.45) is 5.16 Å². The largest absolute Gasteiger partial charge is 0.411 e. The van der Waals surface area contributed by atoms with E-state index in [9.17, 15) is 4.79 Å². The summed E-state index contributed by atoms with van der Waals surface area (Å²) in [5.74, 6) is -0.564. The second-order valence-electron chi connectivity index (χ2n) is 2.39. The van der Waals surface area contributed by atoms with Gasteiger partial charge in [0.25, 0.3) is 5.91 Å². The van der Waals surface area contributed by atoms with Crippen LogP contribution in [0.4, 0.5) is 5.69 Å². The van der Waals surface area contributed by atoms with E-state index in [0.29, 0.717) is 15.7 Å². The molecule has 0 aromatic heterocycles. The second kappa shape index (κ2) is 4.83. The molecule has 14 heavy (non-hydrogen) atoms. The normalized spacial score (nSPS) is 10.4. The molecule has 1 rings (SSSR count). The van der Waals surface area contributed by atoms with E-state index in [1.54, 1.807) is 6.07 Å². The van der Waals surface area contributed by atoms with Gasteiger partial charge in [-0.15, -0.1) is 0 Å². The maximum Gasteiger partial charge on any atom is 0.270 e. The van der Waals surface area contributed by atoms with Crippen molar-refractivity contribution in [1.82, 2.24) is 0 Å². The lowest BCUT2D eigenvalue weighted by atomic mass is 10.3. The Morgan fingerprint density at radius 1 is 1.36 bits per heavy atom. The number of rotatable bonds is 2. The highest BCUT2D eigenvalue weighted by molar-refractivity contribution is 6.36. The molecule has 0 atom stereocenters. The summed E-state index contributed by atoms with van der Waals surface area (Å²) in [7, 11) is 0. The third kappa shape index (κ3) is 3.24. The van der Waals surface area contributed by atoms with E-state index >= 15 is 0 Å². The number of halogens is 2. The molecule has 0 spiro atoms. The highest BCUT2D eigenvalue weighted by Gasteiger charge is 2.01. The van der Waals surface area contributed by atoms with Crippen molar-refractivity contribution in [2.45, 2.75) is 0 Å². The Morgan fingerprint density at radius 3 is 2.43 bits per heavy atom. The number of benzene rings is 1. The standard InChI is InChI=1S/C8H6Cl2N2O2/c9-5-1-6(10)3-7(2-5)12-8(13)4-11-14/h1-4,14H,(H,12,13)/b11-4+. The minimum absolute atomic E-state index is 0.411. The predicted octanol–water partition coefficient (Wildman–Crippen LogP) is 2.39. The van der Waals surface area contributed by atoms with Gasteiger partial charge < -0.3 is 10.5 Å². The molecule has 4 nitrogen and oxygen atoms in total. The van der Waals surface area contributed by atoms with E-state index in [1.165, 1.54) is 12.1 Å². The van der Waals surface area contributed by atoms with Gasteiger partial charge in [0.2, 0.25) is 0 Å². The molecule has 1 amide bonds. The number of hydrogen-bond donors (Lipinski definition) is 2. The summed E-state index contributed by atoms with van der Waals surface area (Å²) in [6, 6.07) is 4.59. The van der Waals surface area contributed by atoms with Gasteiger partial charge in [0.15, 0.2) is 0 Å². The van der Waals surface area contributed by atoms with Crippen LogP contribution in [0.2, 0.25) is 10.0 Å². The summed E-state index contributed by atoms with van der Waals surface area (Å²) in [5.41, 5.74) is 0.437. The first-order chi connectivity index (χ1) is 6.61. The molecule has 0 saturated carbocycles. The van der Waals surface area contributed by atoms with Crippen LogP contribution in [0.25, 0.3) is 0 Å². The second-order valence-corrected chi connectivity index (χ2v) is 3.26. The number of nitrogens with one attached hydrogen (secondary N) is 1. The SMILES string of the molecule is O=C(/C=N/O)Nc1cc(Cl)cc(Cl)c1. The lowest BCUT2D eigenvalue weighted by Gasteiger charge is -2.02. The smallest absolute Gasteiger partial charge is 0.270 e. The summed E-state index contributed by atoms with van der Waals surface area (Å²) in [5, 5.41) is 13.9. The van der Waals surface area contributed by atoms with Crippen LogP contribution >= 0.6 is 23.2 Å². The molecule has 0 aliphatic rings. The molecule has 0 bridgehead atoms. The molecule has 0 unspecified atom stereocenters. The fourth-order valence-electron chi connectivity index (χ4n) is 0.853. The van der Waals surface area contributed by atoms with Gasteiger partial charge in [-0.05, 0) is 18.2 Å². The van der Waals surface area contributed by atoms with Crippen molar-refractivity contribution in [3.8, 4) is 0 Å². The molecule has 0 radical (unpaired) electrons.